The lowest BCUT2D eigenvalue weighted by Gasteiger charge is -2.34. The summed E-state index contributed by atoms with van der Waals surface area (Å²) in [5.41, 5.74) is 2.48. The van der Waals surface area contributed by atoms with Crippen molar-refractivity contribution in [1.82, 2.24) is 5.32 Å². The largest absolute Gasteiger partial charge is 0.383 e. The van der Waals surface area contributed by atoms with E-state index in [1.54, 1.807) is 7.11 Å². The van der Waals surface area contributed by atoms with Crippen LogP contribution in [0.3, 0.4) is 0 Å². The van der Waals surface area contributed by atoms with Gasteiger partial charge < -0.3 is 19.7 Å². The third-order valence-electron chi connectivity index (χ3n) is 3.96. The van der Waals surface area contributed by atoms with Gasteiger partial charge in [0.1, 0.15) is 0 Å². The lowest BCUT2D eigenvalue weighted by atomic mass is 10.0. The number of hydrogen-bond acceptors (Lipinski definition) is 4. The fourth-order valence-corrected chi connectivity index (χ4v) is 2.90. The Morgan fingerprint density at radius 2 is 2.14 bits per heavy atom. The molecule has 0 aromatic heterocycles. The molecular formula is C16H25ClN2O2. The van der Waals surface area contributed by atoms with E-state index >= 15 is 0 Å². The van der Waals surface area contributed by atoms with Crippen molar-refractivity contribution in [3.63, 3.8) is 0 Å². The third kappa shape index (κ3) is 4.85. The van der Waals surface area contributed by atoms with Crippen LogP contribution in [0, 0.1) is 0 Å². The Balaban J connectivity index is 2.05. The van der Waals surface area contributed by atoms with Crippen LogP contribution in [0.25, 0.3) is 0 Å². The zero-order chi connectivity index (χ0) is 15.1. The minimum absolute atomic E-state index is 0.539. The first-order valence-corrected chi connectivity index (χ1v) is 7.89. The van der Waals surface area contributed by atoms with Crippen molar-refractivity contribution in [3.8, 4) is 0 Å². The average molecular weight is 313 g/mol. The predicted molar refractivity (Wildman–Crippen MR) is 87.3 cm³/mol. The maximum absolute atomic E-state index is 6.16. The fraction of sp³-hybridized carbons (Fsp3) is 0.625. The summed E-state index contributed by atoms with van der Waals surface area (Å²) in [4.78, 5) is 2.37. The van der Waals surface area contributed by atoms with Crippen LogP contribution in [0.15, 0.2) is 18.2 Å². The molecule has 0 aliphatic carbocycles. The summed E-state index contributed by atoms with van der Waals surface area (Å²) in [6.45, 7) is 4.05. The van der Waals surface area contributed by atoms with Crippen molar-refractivity contribution < 1.29 is 9.47 Å². The van der Waals surface area contributed by atoms with Gasteiger partial charge in [-0.15, -0.1) is 0 Å². The van der Waals surface area contributed by atoms with Gasteiger partial charge >= 0.3 is 0 Å². The van der Waals surface area contributed by atoms with Gasteiger partial charge in [-0.1, -0.05) is 11.6 Å². The van der Waals surface area contributed by atoms with Gasteiger partial charge in [0.25, 0.3) is 0 Å². The fourth-order valence-electron chi connectivity index (χ4n) is 2.71. The number of rotatable bonds is 7. The highest BCUT2D eigenvalue weighted by molar-refractivity contribution is 6.30. The predicted octanol–water partition coefficient (Wildman–Crippen LogP) is 2.69. The number of methoxy groups -OCH3 is 1. The molecule has 4 nitrogen and oxygen atoms in total. The summed E-state index contributed by atoms with van der Waals surface area (Å²) in [6.07, 6.45) is 2.16. The number of nitrogens with zero attached hydrogens (tertiary/aromatic N) is 1. The second kappa shape index (κ2) is 8.59. The Labute approximate surface area is 132 Å². The molecule has 2 rings (SSSR count). The maximum atomic E-state index is 6.16. The van der Waals surface area contributed by atoms with E-state index in [4.69, 9.17) is 21.1 Å². The van der Waals surface area contributed by atoms with E-state index in [1.165, 1.54) is 11.3 Å². The number of ether oxygens (including phenoxy) is 2. The summed E-state index contributed by atoms with van der Waals surface area (Å²) >= 11 is 6.16. The van der Waals surface area contributed by atoms with Crippen LogP contribution >= 0.6 is 11.6 Å². The van der Waals surface area contributed by atoms with Gasteiger partial charge in [0.15, 0.2) is 0 Å². The molecule has 5 heteroatoms. The molecule has 1 heterocycles. The zero-order valence-electron chi connectivity index (χ0n) is 12.9. The molecular weight excluding hydrogens is 288 g/mol. The smallest absolute Gasteiger partial charge is 0.0587 e. The molecule has 118 valence electrons. The van der Waals surface area contributed by atoms with Crippen LogP contribution in [0.1, 0.15) is 18.4 Å². The number of halogens is 1. The Bertz CT molecular complexity index is 436. The monoisotopic (exact) mass is 312 g/mol. The van der Waals surface area contributed by atoms with Crippen LogP contribution in [-0.4, -0.2) is 46.6 Å². The molecule has 1 aromatic carbocycles. The molecule has 1 N–H and O–H groups in total. The first-order chi connectivity index (χ1) is 10.2. The number of hydrogen-bond donors (Lipinski definition) is 1. The number of benzene rings is 1. The van der Waals surface area contributed by atoms with Gasteiger partial charge in [0, 0.05) is 57.2 Å². The van der Waals surface area contributed by atoms with Gasteiger partial charge in [-0.25, -0.2) is 0 Å². The minimum Gasteiger partial charge on any atom is -0.383 e. The van der Waals surface area contributed by atoms with Gasteiger partial charge in [-0.05, 0) is 36.6 Å². The first kappa shape index (κ1) is 16.6. The highest BCUT2D eigenvalue weighted by Crippen LogP contribution is 2.27. The van der Waals surface area contributed by atoms with Crippen molar-refractivity contribution in [2.24, 2.45) is 0 Å². The maximum Gasteiger partial charge on any atom is 0.0587 e. The van der Waals surface area contributed by atoms with Crippen molar-refractivity contribution in [1.29, 1.82) is 0 Å². The highest BCUT2D eigenvalue weighted by atomic mass is 35.5. The second-order valence-corrected chi connectivity index (χ2v) is 5.83. The van der Waals surface area contributed by atoms with Crippen LogP contribution in [-0.2, 0) is 16.0 Å². The van der Waals surface area contributed by atoms with E-state index in [2.05, 4.69) is 23.3 Å². The van der Waals surface area contributed by atoms with Gasteiger partial charge in [0.2, 0.25) is 0 Å². The molecule has 21 heavy (non-hydrogen) atoms. The summed E-state index contributed by atoms with van der Waals surface area (Å²) in [5.74, 6) is 0. The molecule has 0 spiro atoms. The molecule has 0 amide bonds. The van der Waals surface area contributed by atoms with Crippen molar-refractivity contribution in [2.45, 2.75) is 25.4 Å². The number of anilines is 1. The Morgan fingerprint density at radius 3 is 2.86 bits per heavy atom. The van der Waals surface area contributed by atoms with Crippen molar-refractivity contribution >= 4 is 17.3 Å². The third-order valence-corrected chi connectivity index (χ3v) is 4.19. The van der Waals surface area contributed by atoms with Gasteiger partial charge in [-0.2, -0.15) is 0 Å². The minimum atomic E-state index is 0.539. The molecule has 1 saturated heterocycles. The molecule has 0 unspecified atom stereocenters. The van der Waals surface area contributed by atoms with Gasteiger partial charge in [-0.3, -0.25) is 0 Å². The van der Waals surface area contributed by atoms with E-state index in [-0.39, 0.29) is 0 Å². The van der Waals surface area contributed by atoms with Gasteiger partial charge in [0.05, 0.1) is 6.61 Å². The van der Waals surface area contributed by atoms with Crippen LogP contribution in [0.2, 0.25) is 5.02 Å². The van der Waals surface area contributed by atoms with Crippen molar-refractivity contribution in [3.05, 3.63) is 28.8 Å². The molecule has 0 radical (unpaired) electrons. The Morgan fingerprint density at radius 1 is 1.38 bits per heavy atom. The topological polar surface area (TPSA) is 33.7 Å². The summed E-state index contributed by atoms with van der Waals surface area (Å²) in [5, 5.41) is 4.17. The molecule has 1 aliphatic rings. The van der Waals surface area contributed by atoms with Crippen LogP contribution in [0.4, 0.5) is 5.69 Å². The normalized spacial score (nSPS) is 16.1. The molecule has 1 aromatic rings. The molecule has 0 bridgehead atoms. The SMILES string of the molecule is COCCNCc1cc(Cl)ccc1N(C)C1CCOCC1. The second-order valence-electron chi connectivity index (χ2n) is 5.40. The lowest BCUT2D eigenvalue weighted by molar-refractivity contribution is 0.0854. The van der Waals surface area contributed by atoms with E-state index in [0.29, 0.717) is 12.6 Å². The summed E-state index contributed by atoms with van der Waals surface area (Å²) < 4.78 is 10.5. The molecule has 1 aliphatic heterocycles. The number of nitrogens with one attached hydrogen (secondary N) is 1. The van der Waals surface area contributed by atoms with E-state index < -0.39 is 0 Å². The summed E-state index contributed by atoms with van der Waals surface area (Å²) in [7, 11) is 3.88. The van der Waals surface area contributed by atoms with E-state index in [0.717, 1.165) is 44.2 Å². The summed E-state index contributed by atoms with van der Waals surface area (Å²) in [6, 6.07) is 6.67. The standard InChI is InChI=1S/C16H25ClN2O2/c1-19(15-5-8-21-9-6-15)16-4-3-14(17)11-13(16)12-18-7-10-20-2/h3-4,11,15,18H,5-10,12H2,1-2H3. The van der Waals surface area contributed by atoms with Crippen molar-refractivity contribution in [2.75, 3.05) is 45.4 Å². The Hall–Kier alpha value is -0.810. The average Bonchev–Trinajstić information content (AvgIpc) is 2.52. The Kier molecular flexibility index (Phi) is 6.77. The molecule has 1 fully saturated rings. The lowest BCUT2D eigenvalue weighted by Crippen LogP contribution is -2.37. The zero-order valence-corrected chi connectivity index (χ0v) is 13.7. The quantitative estimate of drug-likeness (QED) is 0.785. The van der Waals surface area contributed by atoms with E-state index in [1.807, 2.05) is 12.1 Å². The van der Waals surface area contributed by atoms with E-state index in [9.17, 15) is 0 Å². The molecule has 0 atom stereocenters. The first-order valence-electron chi connectivity index (χ1n) is 7.51. The van der Waals surface area contributed by atoms with Crippen LogP contribution < -0.4 is 10.2 Å². The van der Waals surface area contributed by atoms with Crippen LogP contribution in [0.5, 0.6) is 0 Å². The molecule has 0 saturated carbocycles. The highest BCUT2D eigenvalue weighted by Gasteiger charge is 2.20.